The molecular formula is C16H24IN5O4. The molecule has 1 amide bonds. The molecule has 2 rings (SSSR count). The molecule has 144 valence electrons. The lowest BCUT2D eigenvalue weighted by Crippen LogP contribution is -2.53. The van der Waals surface area contributed by atoms with Gasteiger partial charge in [-0.05, 0) is 12.5 Å². The summed E-state index contributed by atoms with van der Waals surface area (Å²) >= 11 is 0. The third kappa shape index (κ3) is 6.00. The van der Waals surface area contributed by atoms with Crippen molar-refractivity contribution < 1.29 is 14.5 Å². The Kier molecular flexibility index (Phi) is 9.10. The Morgan fingerprint density at radius 1 is 1.23 bits per heavy atom. The number of hydrogen-bond acceptors (Lipinski definition) is 5. The second-order valence-corrected chi connectivity index (χ2v) is 5.50. The molecule has 1 heterocycles. The lowest BCUT2D eigenvalue weighted by atomic mass is 10.2. The summed E-state index contributed by atoms with van der Waals surface area (Å²) in [4.78, 5) is 30.0. The molecule has 10 heteroatoms. The third-order valence-electron chi connectivity index (χ3n) is 3.91. The molecule has 0 radical (unpaired) electrons. The van der Waals surface area contributed by atoms with Crippen LogP contribution in [0.2, 0.25) is 0 Å². The van der Waals surface area contributed by atoms with Crippen LogP contribution in [-0.2, 0) is 11.3 Å². The molecule has 26 heavy (non-hydrogen) atoms. The zero-order valence-corrected chi connectivity index (χ0v) is 17.2. The summed E-state index contributed by atoms with van der Waals surface area (Å²) in [6.45, 7) is 5.17. The highest BCUT2D eigenvalue weighted by atomic mass is 127. The van der Waals surface area contributed by atoms with Crippen LogP contribution in [0.25, 0.3) is 0 Å². The molecule has 0 spiro atoms. The van der Waals surface area contributed by atoms with E-state index in [1.165, 1.54) is 12.1 Å². The monoisotopic (exact) mass is 477 g/mol. The quantitative estimate of drug-likeness (QED) is 0.234. The van der Waals surface area contributed by atoms with Crippen LogP contribution in [0.15, 0.2) is 29.3 Å². The molecular weight excluding hydrogens is 453 g/mol. The van der Waals surface area contributed by atoms with Gasteiger partial charge >= 0.3 is 6.09 Å². The maximum atomic E-state index is 11.7. The zero-order valence-electron chi connectivity index (χ0n) is 14.9. The van der Waals surface area contributed by atoms with Crippen molar-refractivity contribution in [3.8, 4) is 0 Å². The average Bonchev–Trinajstić information content (AvgIpc) is 2.63. The predicted octanol–water partition coefficient (Wildman–Crippen LogP) is 2.06. The van der Waals surface area contributed by atoms with E-state index in [1.807, 2.05) is 0 Å². The number of piperazine rings is 1. The molecule has 0 unspecified atom stereocenters. The minimum absolute atomic E-state index is 0. The van der Waals surface area contributed by atoms with Crippen molar-refractivity contribution >= 4 is 41.7 Å². The summed E-state index contributed by atoms with van der Waals surface area (Å²) in [5, 5.41) is 13.9. The first-order valence-electron chi connectivity index (χ1n) is 8.15. The summed E-state index contributed by atoms with van der Waals surface area (Å²) in [5.41, 5.74) is 1.00. The van der Waals surface area contributed by atoms with Crippen molar-refractivity contribution in [3.63, 3.8) is 0 Å². The normalized spacial score (nSPS) is 14.5. The maximum absolute atomic E-state index is 11.7. The summed E-state index contributed by atoms with van der Waals surface area (Å²) in [5.74, 6) is 0.738. The number of rotatable bonds is 4. The fraction of sp³-hybridized carbons (Fsp3) is 0.500. The van der Waals surface area contributed by atoms with Crippen LogP contribution < -0.4 is 5.32 Å². The van der Waals surface area contributed by atoms with Gasteiger partial charge in [0.2, 0.25) is 0 Å². The van der Waals surface area contributed by atoms with Crippen LogP contribution in [0.3, 0.4) is 0 Å². The van der Waals surface area contributed by atoms with E-state index in [9.17, 15) is 14.9 Å². The Labute approximate surface area is 169 Å². The van der Waals surface area contributed by atoms with Crippen LogP contribution in [-0.4, -0.2) is 66.6 Å². The van der Waals surface area contributed by atoms with Gasteiger partial charge in [-0.2, -0.15) is 0 Å². The van der Waals surface area contributed by atoms with E-state index in [0.29, 0.717) is 39.3 Å². The van der Waals surface area contributed by atoms with Gasteiger partial charge in [0, 0.05) is 51.9 Å². The SMILES string of the molecule is CCOC(=O)N1CCN(C(=NC)NCc2ccc([N+](=O)[O-])cc2)CC1.I. The second kappa shape index (κ2) is 10.8. The second-order valence-electron chi connectivity index (χ2n) is 5.50. The van der Waals surface area contributed by atoms with Gasteiger partial charge in [-0.15, -0.1) is 24.0 Å². The Hall–Kier alpha value is -2.11. The molecule has 1 fully saturated rings. The summed E-state index contributed by atoms with van der Waals surface area (Å²) in [7, 11) is 1.70. The minimum Gasteiger partial charge on any atom is -0.450 e. The number of amides is 1. The van der Waals surface area contributed by atoms with Gasteiger partial charge in [-0.1, -0.05) is 12.1 Å². The van der Waals surface area contributed by atoms with Crippen LogP contribution in [0.1, 0.15) is 12.5 Å². The number of hydrogen-bond donors (Lipinski definition) is 1. The molecule has 0 bridgehead atoms. The van der Waals surface area contributed by atoms with Crippen LogP contribution in [0.4, 0.5) is 10.5 Å². The van der Waals surface area contributed by atoms with Crippen molar-refractivity contribution in [1.82, 2.24) is 15.1 Å². The van der Waals surface area contributed by atoms with E-state index in [2.05, 4.69) is 15.2 Å². The first kappa shape index (κ1) is 21.9. The molecule has 0 atom stereocenters. The molecule has 0 aliphatic carbocycles. The number of non-ortho nitro benzene ring substituents is 1. The van der Waals surface area contributed by atoms with E-state index < -0.39 is 4.92 Å². The van der Waals surface area contributed by atoms with Gasteiger partial charge in [0.25, 0.3) is 5.69 Å². The van der Waals surface area contributed by atoms with Crippen molar-refractivity contribution in [3.05, 3.63) is 39.9 Å². The van der Waals surface area contributed by atoms with Gasteiger partial charge in [0.05, 0.1) is 11.5 Å². The lowest BCUT2D eigenvalue weighted by Gasteiger charge is -2.35. The largest absolute Gasteiger partial charge is 0.450 e. The van der Waals surface area contributed by atoms with Gasteiger partial charge < -0.3 is 19.9 Å². The number of benzene rings is 1. The number of nitro benzene ring substituents is 1. The van der Waals surface area contributed by atoms with Crippen LogP contribution in [0, 0.1) is 10.1 Å². The van der Waals surface area contributed by atoms with E-state index in [-0.39, 0.29) is 35.8 Å². The molecule has 1 aliphatic heterocycles. The van der Waals surface area contributed by atoms with Gasteiger partial charge in [-0.25, -0.2) is 4.79 Å². The number of halogens is 1. The first-order chi connectivity index (χ1) is 12.0. The first-order valence-corrected chi connectivity index (χ1v) is 8.15. The molecule has 0 saturated carbocycles. The van der Waals surface area contributed by atoms with Crippen molar-refractivity contribution in [2.45, 2.75) is 13.5 Å². The number of aliphatic imine (C=N–C) groups is 1. The number of guanidine groups is 1. The number of nitrogens with one attached hydrogen (secondary N) is 1. The molecule has 9 nitrogen and oxygen atoms in total. The highest BCUT2D eigenvalue weighted by Gasteiger charge is 2.23. The van der Waals surface area contributed by atoms with Gasteiger partial charge in [0.1, 0.15) is 0 Å². The summed E-state index contributed by atoms with van der Waals surface area (Å²) in [6.07, 6.45) is -0.282. The maximum Gasteiger partial charge on any atom is 0.409 e. The van der Waals surface area contributed by atoms with Crippen molar-refractivity contribution in [1.29, 1.82) is 0 Å². The van der Waals surface area contributed by atoms with E-state index in [0.717, 1.165) is 11.5 Å². The molecule has 1 N–H and O–H groups in total. The Morgan fingerprint density at radius 3 is 2.31 bits per heavy atom. The van der Waals surface area contributed by atoms with E-state index in [4.69, 9.17) is 4.74 Å². The standard InChI is InChI=1S/C16H23N5O4.HI/c1-3-25-16(22)20-10-8-19(9-11-20)15(17-2)18-12-13-4-6-14(7-5-13)21(23)24;/h4-7H,3,8-12H2,1-2H3,(H,17,18);1H. The molecule has 1 aromatic carbocycles. The topological polar surface area (TPSA) is 100 Å². The van der Waals surface area contributed by atoms with Gasteiger partial charge in [-0.3, -0.25) is 15.1 Å². The number of nitrogens with zero attached hydrogens (tertiary/aromatic N) is 4. The minimum atomic E-state index is -0.417. The van der Waals surface area contributed by atoms with Crippen molar-refractivity contribution in [2.75, 3.05) is 39.8 Å². The van der Waals surface area contributed by atoms with E-state index in [1.54, 1.807) is 31.0 Å². The smallest absolute Gasteiger partial charge is 0.409 e. The Bertz CT molecular complexity index is 630. The third-order valence-corrected chi connectivity index (χ3v) is 3.91. The molecule has 1 saturated heterocycles. The Morgan fingerprint density at radius 2 is 1.81 bits per heavy atom. The highest BCUT2D eigenvalue weighted by Crippen LogP contribution is 2.12. The van der Waals surface area contributed by atoms with Crippen LogP contribution >= 0.6 is 24.0 Å². The highest BCUT2D eigenvalue weighted by molar-refractivity contribution is 14.0. The fourth-order valence-corrected chi connectivity index (χ4v) is 2.56. The van der Waals surface area contributed by atoms with Crippen molar-refractivity contribution in [2.24, 2.45) is 4.99 Å². The van der Waals surface area contributed by atoms with Crippen LogP contribution in [0.5, 0.6) is 0 Å². The number of carbonyl (C=O) groups excluding carboxylic acids is 1. The summed E-state index contributed by atoms with van der Waals surface area (Å²) in [6, 6.07) is 6.41. The number of nitro groups is 1. The Balaban J connectivity index is 0.00000338. The molecule has 0 aromatic heterocycles. The molecule has 1 aliphatic rings. The number of carbonyl (C=O) groups is 1. The summed E-state index contributed by atoms with van der Waals surface area (Å²) < 4.78 is 5.01. The molecule has 1 aromatic rings. The van der Waals surface area contributed by atoms with E-state index >= 15 is 0 Å². The number of ether oxygens (including phenoxy) is 1. The average molecular weight is 477 g/mol. The lowest BCUT2D eigenvalue weighted by molar-refractivity contribution is -0.384. The zero-order chi connectivity index (χ0) is 18.2. The van der Waals surface area contributed by atoms with Gasteiger partial charge in [0.15, 0.2) is 5.96 Å². The fourth-order valence-electron chi connectivity index (χ4n) is 2.56. The predicted molar refractivity (Wildman–Crippen MR) is 109 cm³/mol.